The summed E-state index contributed by atoms with van der Waals surface area (Å²) in [6.45, 7) is 2.07. The molecule has 84 valence electrons. The van der Waals surface area contributed by atoms with E-state index in [0.717, 1.165) is 11.3 Å². The summed E-state index contributed by atoms with van der Waals surface area (Å²) in [5.74, 6) is 0.560. The molecule has 1 aromatic rings. The summed E-state index contributed by atoms with van der Waals surface area (Å²) in [5, 5.41) is 4.50. The zero-order valence-corrected chi connectivity index (χ0v) is 10.1. The maximum Gasteiger partial charge on any atom is 0.184 e. The summed E-state index contributed by atoms with van der Waals surface area (Å²) < 4.78 is 0. The number of nitrogens with one attached hydrogen (secondary N) is 1. The number of thiocarbonyl (C=S) groups is 1. The monoisotopic (exact) mass is 233 g/mol. The molecular weight excluding hydrogens is 218 g/mol. The maximum absolute atomic E-state index is 5.38. The number of hydrogen-bond donors (Lipinski definition) is 2. The first kappa shape index (κ1) is 11.1. The maximum atomic E-state index is 5.38. The molecule has 4 heteroatoms. The van der Waals surface area contributed by atoms with Crippen LogP contribution in [0.4, 0.5) is 0 Å². The molecule has 0 bridgehead atoms. The van der Waals surface area contributed by atoms with E-state index < -0.39 is 0 Å². The van der Waals surface area contributed by atoms with Crippen LogP contribution in [0.5, 0.6) is 0 Å². The van der Waals surface area contributed by atoms with Crippen LogP contribution in [0, 0.1) is 12.8 Å². The van der Waals surface area contributed by atoms with Gasteiger partial charge >= 0.3 is 0 Å². The Morgan fingerprint density at radius 1 is 1.38 bits per heavy atom. The van der Waals surface area contributed by atoms with Crippen molar-refractivity contribution in [2.75, 3.05) is 0 Å². The summed E-state index contributed by atoms with van der Waals surface area (Å²) in [5.41, 5.74) is 11.5. The van der Waals surface area contributed by atoms with Gasteiger partial charge < -0.3 is 5.73 Å². The average Bonchev–Trinajstić information content (AvgIpc) is 3.04. The number of nitrogens with zero attached hydrogens (tertiary/aromatic N) is 1. The second-order valence-corrected chi connectivity index (χ2v) is 4.55. The van der Waals surface area contributed by atoms with Crippen molar-refractivity contribution in [3.05, 3.63) is 35.4 Å². The highest BCUT2D eigenvalue weighted by Crippen LogP contribution is 2.33. The van der Waals surface area contributed by atoms with Crippen LogP contribution in [0.2, 0.25) is 0 Å². The Labute approximate surface area is 101 Å². The number of nitrogens with two attached hydrogens (primary N) is 1. The Bertz CT molecular complexity index is 418. The molecule has 0 spiro atoms. The molecule has 1 fully saturated rings. The van der Waals surface area contributed by atoms with Crippen molar-refractivity contribution in [1.82, 2.24) is 5.43 Å². The quantitative estimate of drug-likeness (QED) is 0.476. The molecular formula is C12H15N3S. The first-order valence-corrected chi connectivity index (χ1v) is 5.77. The molecule has 0 aliphatic heterocycles. The van der Waals surface area contributed by atoms with Crippen LogP contribution in [-0.2, 0) is 0 Å². The SMILES string of the molecule is Cc1ccc(/C(=N/NC(N)=S)C2CC2)cc1. The fourth-order valence-electron chi connectivity index (χ4n) is 1.59. The minimum absolute atomic E-state index is 0.213. The molecule has 0 atom stereocenters. The van der Waals surface area contributed by atoms with Crippen LogP contribution in [-0.4, -0.2) is 10.8 Å². The highest BCUT2D eigenvalue weighted by atomic mass is 32.1. The molecule has 0 unspecified atom stereocenters. The Morgan fingerprint density at radius 3 is 2.50 bits per heavy atom. The van der Waals surface area contributed by atoms with Crippen LogP contribution in [0.15, 0.2) is 29.4 Å². The fraction of sp³-hybridized carbons (Fsp3) is 0.333. The first-order valence-electron chi connectivity index (χ1n) is 5.37. The van der Waals surface area contributed by atoms with E-state index in [1.54, 1.807) is 0 Å². The van der Waals surface area contributed by atoms with Crippen molar-refractivity contribution in [2.45, 2.75) is 19.8 Å². The predicted octanol–water partition coefficient (Wildman–Crippen LogP) is 1.94. The number of aryl methyl sites for hydroxylation is 1. The number of hydrazone groups is 1. The van der Waals surface area contributed by atoms with Gasteiger partial charge in [0.25, 0.3) is 0 Å². The highest BCUT2D eigenvalue weighted by Gasteiger charge is 2.28. The van der Waals surface area contributed by atoms with Gasteiger partial charge in [0.05, 0.1) is 5.71 Å². The summed E-state index contributed by atoms with van der Waals surface area (Å²) >= 11 is 4.75. The fourth-order valence-corrected chi connectivity index (χ4v) is 1.63. The lowest BCUT2D eigenvalue weighted by Gasteiger charge is -2.06. The topological polar surface area (TPSA) is 50.4 Å². The number of hydrogen-bond acceptors (Lipinski definition) is 2. The minimum Gasteiger partial charge on any atom is -0.375 e. The van der Waals surface area contributed by atoms with Crippen LogP contribution in [0.3, 0.4) is 0 Å². The van der Waals surface area contributed by atoms with Crippen molar-refractivity contribution >= 4 is 23.0 Å². The Morgan fingerprint density at radius 2 is 2.00 bits per heavy atom. The van der Waals surface area contributed by atoms with Gasteiger partial charge in [-0.2, -0.15) is 5.10 Å². The van der Waals surface area contributed by atoms with Crippen LogP contribution < -0.4 is 11.2 Å². The van der Waals surface area contributed by atoms with Crippen molar-refractivity contribution in [1.29, 1.82) is 0 Å². The van der Waals surface area contributed by atoms with Crippen molar-refractivity contribution in [3.8, 4) is 0 Å². The van der Waals surface area contributed by atoms with Gasteiger partial charge in [0.2, 0.25) is 0 Å². The van der Waals surface area contributed by atoms with Crippen molar-refractivity contribution < 1.29 is 0 Å². The molecule has 16 heavy (non-hydrogen) atoms. The lowest BCUT2D eigenvalue weighted by Crippen LogP contribution is -2.26. The van der Waals surface area contributed by atoms with Crippen LogP contribution in [0.25, 0.3) is 0 Å². The lowest BCUT2D eigenvalue weighted by atomic mass is 10.1. The second kappa shape index (κ2) is 4.61. The number of rotatable bonds is 3. The van der Waals surface area contributed by atoms with Crippen molar-refractivity contribution in [2.24, 2.45) is 16.8 Å². The highest BCUT2D eigenvalue weighted by molar-refractivity contribution is 7.80. The smallest absolute Gasteiger partial charge is 0.184 e. The molecule has 1 aromatic carbocycles. The van der Waals surface area contributed by atoms with Gasteiger partial charge in [-0.05, 0) is 37.5 Å². The zero-order chi connectivity index (χ0) is 11.5. The van der Waals surface area contributed by atoms with E-state index in [4.69, 9.17) is 18.0 Å². The summed E-state index contributed by atoms with van der Waals surface area (Å²) in [7, 11) is 0. The first-order chi connectivity index (χ1) is 7.66. The number of benzene rings is 1. The third kappa shape index (κ3) is 2.79. The van der Waals surface area contributed by atoms with Gasteiger partial charge in [-0.3, -0.25) is 5.43 Å². The third-order valence-electron chi connectivity index (χ3n) is 2.60. The molecule has 2 rings (SSSR count). The standard InChI is InChI=1S/C12H15N3S/c1-8-2-4-9(5-3-8)11(10-6-7-10)14-15-12(13)16/h2-5,10H,6-7H2,1H3,(H3,13,15,16)/b14-11-. The molecule has 0 heterocycles. The molecule has 0 amide bonds. The molecule has 0 aromatic heterocycles. The van der Waals surface area contributed by atoms with Gasteiger partial charge in [-0.25, -0.2) is 0 Å². The Kier molecular flexibility index (Phi) is 3.19. The van der Waals surface area contributed by atoms with Gasteiger partial charge in [0, 0.05) is 5.92 Å². The van der Waals surface area contributed by atoms with Gasteiger partial charge in [-0.1, -0.05) is 29.8 Å². The van der Waals surface area contributed by atoms with E-state index >= 15 is 0 Å². The molecule has 0 radical (unpaired) electrons. The van der Waals surface area contributed by atoms with E-state index in [0.29, 0.717) is 5.92 Å². The normalized spacial score (nSPS) is 15.9. The van der Waals surface area contributed by atoms with E-state index in [2.05, 4.69) is 41.7 Å². The van der Waals surface area contributed by atoms with E-state index in [9.17, 15) is 0 Å². The lowest BCUT2D eigenvalue weighted by molar-refractivity contribution is 0.998. The Balaban J connectivity index is 2.22. The summed E-state index contributed by atoms with van der Waals surface area (Å²) in [6.07, 6.45) is 2.40. The minimum atomic E-state index is 0.213. The second-order valence-electron chi connectivity index (χ2n) is 4.11. The van der Waals surface area contributed by atoms with Gasteiger partial charge in [-0.15, -0.1) is 0 Å². The van der Waals surface area contributed by atoms with E-state index in [-0.39, 0.29) is 5.11 Å². The van der Waals surface area contributed by atoms with Crippen LogP contribution >= 0.6 is 12.2 Å². The summed E-state index contributed by atoms with van der Waals surface area (Å²) in [4.78, 5) is 0. The summed E-state index contributed by atoms with van der Waals surface area (Å²) in [6, 6.07) is 8.36. The van der Waals surface area contributed by atoms with Crippen molar-refractivity contribution in [3.63, 3.8) is 0 Å². The predicted molar refractivity (Wildman–Crippen MR) is 70.4 cm³/mol. The van der Waals surface area contributed by atoms with E-state index in [1.165, 1.54) is 18.4 Å². The zero-order valence-electron chi connectivity index (χ0n) is 9.23. The van der Waals surface area contributed by atoms with Crippen LogP contribution in [0.1, 0.15) is 24.0 Å². The van der Waals surface area contributed by atoms with Gasteiger partial charge in [0.1, 0.15) is 0 Å². The molecule has 3 nitrogen and oxygen atoms in total. The molecule has 3 N–H and O–H groups in total. The molecule has 1 aliphatic carbocycles. The molecule has 1 aliphatic rings. The molecule has 0 saturated heterocycles. The van der Waals surface area contributed by atoms with Gasteiger partial charge in [0.15, 0.2) is 5.11 Å². The third-order valence-corrected chi connectivity index (χ3v) is 2.69. The largest absolute Gasteiger partial charge is 0.375 e. The molecule has 1 saturated carbocycles. The Hall–Kier alpha value is -1.42. The average molecular weight is 233 g/mol. The van der Waals surface area contributed by atoms with E-state index in [1.807, 2.05) is 0 Å².